The number of hydrogen-bond donors (Lipinski definition) is 1. The molecule has 0 spiro atoms. The molecule has 1 amide bonds. The number of anilines is 1. The van der Waals surface area contributed by atoms with Crippen molar-refractivity contribution < 1.29 is 19.4 Å². The molecule has 1 N–H and O–H groups in total. The van der Waals surface area contributed by atoms with Gasteiger partial charge in [-0.05, 0) is 67.8 Å². The number of fused-ring (bicyclic) bond motifs is 2. The van der Waals surface area contributed by atoms with Gasteiger partial charge in [0.2, 0.25) is 0 Å². The highest BCUT2D eigenvalue weighted by atomic mass is 35.5. The van der Waals surface area contributed by atoms with Crippen LogP contribution in [0, 0.1) is 13.8 Å². The van der Waals surface area contributed by atoms with Crippen LogP contribution in [-0.2, 0) is 9.59 Å². The lowest BCUT2D eigenvalue weighted by Gasteiger charge is -2.23. The molecule has 0 bridgehead atoms. The van der Waals surface area contributed by atoms with Gasteiger partial charge in [-0.2, -0.15) is 0 Å². The second kappa shape index (κ2) is 10.6. The SMILES string of the molecule is CCCCOc1ccc(C2/C(=C(\O)c3nc4c(C)cccn4c3C)C(=O)C(=O)N2c2nc3ccc(Cl)cc3s2)cc1. The van der Waals surface area contributed by atoms with E-state index in [9.17, 15) is 14.7 Å². The van der Waals surface area contributed by atoms with Crippen LogP contribution in [0.15, 0.2) is 66.4 Å². The lowest BCUT2D eigenvalue weighted by molar-refractivity contribution is -0.132. The van der Waals surface area contributed by atoms with E-state index < -0.39 is 17.7 Å². The van der Waals surface area contributed by atoms with Gasteiger partial charge in [-0.1, -0.05) is 54.5 Å². The molecule has 1 aliphatic rings. The van der Waals surface area contributed by atoms with Crippen LogP contribution in [0.4, 0.5) is 5.13 Å². The summed E-state index contributed by atoms with van der Waals surface area (Å²) in [6.45, 7) is 6.43. The molecule has 5 aromatic rings. The summed E-state index contributed by atoms with van der Waals surface area (Å²) >= 11 is 7.46. The zero-order chi connectivity index (χ0) is 28.8. The molecular weight excluding hydrogens is 560 g/mol. The number of aliphatic hydroxyl groups excluding tert-OH is 1. The van der Waals surface area contributed by atoms with Crippen molar-refractivity contribution in [2.24, 2.45) is 0 Å². The van der Waals surface area contributed by atoms with E-state index in [0.29, 0.717) is 44.9 Å². The van der Waals surface area contributed by atoms with Gasteiger partial charge >= 0.3 is 5.91 Å². The molecule has 1 saturated heterocycles. The predicted molar refractivity (Wildman–Crippen MR) is 161 cm³/mol. The van der Waals surface area contributed by atoms with Gasteiger partial charge in [0.1, 0.15) is 17.1 Å². The van der Waals surface area contributed by atoms with E-state index in [-0.39, 0.29) is 17.0 Å². The van der Waals surface area contributed by atoms with Crippen LogP contribution in [0.3, 0.4) is 0 Å². The molecule has 3 aromatic heterocycles. The number of Topliss-reactive ketones (excluding diaryl/α,β-unsaturated/α-hetero) is 1. The van der Waals surface area contributed by atoms with Crippen LogP contribution in [-0.4, -0.2) is 37.8 Å². The van der Waals surface area contributed by atoms with Crippen LogP contribution < -0.4 is 9.64 Å². The Morgan fingerprint density at radius 3 is 2.61 bits per heavy atom. The van der Waals surface area contributed by atoms with Crippen LogP contribution in [0.5, 0.6) is 5.75 Å². The standard InChI is InChI=1S/C31H27ClN4O4S/c1-4-5-15-40-21-11-8-19(9-12-21)26-24(27(37)25-18(3)35-14-6-7-17(2)29(35)34-25)28(38)30(39)36(26)31-33-22-13-10-20(32)16-23(22)41-31/h6-14,16,26,37H,4-5,15H2,1-3H3/b27-24+. The Labute approximate surface area is 245 Å². The minimum absolute atomic E-state index is 0.0453. The van der Waals surface area contributed by atoms with Gasteiger partial charge in [-0.3, -0.25) is 14.5 Å². The molecule has 8 nitrogen and oxygen atoms in total. The highest BCUT2D eigenvalue weighted by molar-refractivity contribution is 7.22. The van der Waals surface area contributed by atoms with Gasteiger partial charge in [-0.25, -0.2) is 9.97 Å². The summed E-state index contributed by atoms with van der Waals surface area (Å²) in [5, 5.41) is 12.6. The number of carbonyl (C=O) groups is 2. The first-order chi connectivity index (χ1) is 19.8. The minimum atomic E-state index is -0.930. The topological polar surface area (TPSA) is 97.0 Å². The summed E-state index contributed by atoms with van der Waals surface area (Å²) in [5.41, 5.74) is 3.71. The smallest absolute Gasteiger partial charge is 0.301 e. The molecule has 1 atom stereocenters. The number of hydrogen-bond acceptors (Lipinski definition) is 7. The Kier molecular flexibility index (Phi) is 7.01. The molecule has 10 heteroatoms. The number of aromatic nitrogens is 3. The Balaban J connectivity index is 1.52. The number of aliphatic hydroxyl groups is 1. The lowest BCUT2D eigenvalue weighted by Crippen LogP contribution is -2.29. The third kappa shape index (κ3) is 4.65. The van der Waals surface area contributed by atoms with Gasteiger partial charge in [0.25, 0.3) is 5.78 Å². The lowest BCUT2D eigenvalue weighted by atomic mass is 9.96. The number of nitrogens with zero attached hydrogens (tertiary/aromatic N) is 4. The molecule has 1 aliphatic heterocycles. The molecule has 1 unspecified atom stereocenters. The number of imidazole rings is 1. The number of benzene rings is 2. The molecule has 6 rings (SSSR count). The van der Waals surface area contributed by atoms with Crippen LogP contribution >= 0.6 is 22.9 Å². The molecule has 0 saturated carbocycles. The number of halogens is 1. The first-order valence-corrected chi connectivity index (χ1v) is 14.5. The number of pyridine rings is 1. The maximum Gasteiger partial charge on any atom is 0.301 e. The Bertz CT molecular complexity index is 1860. The van der Waals surface area contributed by atoms with Crippen molar-refractivity contribution in [3.05, 3.63) is 93.9 Å². The molecule has 2 aromatic carbocycles. The number of aryl methyl sites for hydroxylation is 2. The van der Waals surface area contributed by atoms with Gasteiger partial charge in [0.05, 0.1) is 34.1 Å². The average Bonchev–Trinajstić information content (AvgIpc) is 3.61. The third-order valence-electron chi connectivity index (χ3n) is 7.26. The van der Waals surface area contributed by atoms with Gasteiger partial charge in [0.15, 0.2) is 10.9 Å². The number of amides is 1. The number of rotatable bonds is 7. The first-order valence-electron chi connectivity index (χ1n) is 13.3. The number of unbranched alkanes of at least 4 members (excludes halogenated alkanes) is 1. The second-order valence-corrected chi connectivity index (χ2v) is 11.4. The highest BCUT2D eigenvalue weighted by Gasteiger charge is 2.48. The van der Waals surface area contributed by atoms with E-state index in [1.807, 2.05) is 60.8 Å². The Morgan fingerprint density at radius 1 is 1.10 bits per heavy atom. The minimum Gasteiger partial charge on any atom is -0.505 e. The van der Waals surface area contributed by atoms with Crippen LogP contribution in [0.25, 0.3) is 21.6 Å². The van der Waals surface area contributed by atoms with Crippen molar-refractivity contribution in [2.45, 2.75) is 39.7 Å². The van der Waals surface area contributed by atoms with E-state index >= 15 is 0 Å². The molecule has 1 fully saturated rings. The zero-order valence-electron chi connectivity index (χ0n) is 22.7. The number of ketones is 1. The van der Waals surface area contributed by atoms with Crippen molar-refractivity contribution in [3.63, 3.8) is 0 Å². The second-order valence-electron chi connectivity index (χ2n) is 9.98. The summed E-state index contributed by atoms with van der Waals surface area (Å²) in [6, 6.07) is 15.4. The summed E-state index contributed by atoms with van der Waals surface area (Å²) < 4.78 is 8.46. The average molecular weight is 587 g/mol. The normalized spacial score (nSPS) is 16.8. The molecule has 0 aliphatic carbocycles. The number of carbonyl (C=O) groups excluding carboxylic acids is 2. The van der Waals surface area contributed by atoms with Crippen LogP contribution in [0.2, 0.25) is 5.02 Å². The largest absolute Gasteiger partial charge is 0.505 e. The van der Waals surface area contributed by atoms with Crippen molar-refractivity contribution in [2.75, 3.05) is 11.5 Å². The van der Waals surface area contributed by atoms with E-state index in [1.54, 1.807) is 18.2 Å². The van der Waals surface area contributed by atoms with Gasteiger partial charge < -0.3 is 14.2 Å². The van der Waals surface area contributed by atoms with Crippen molar-refractivity contribution >= 4 is 61.4 Å². The van der Waals surface area contributed by atoms with Crippen molar-refractivity contribution in [1.29, 1.82) is 0 Å². The quantitative estimate of drug-likeness (QED) is 0.0952. The summed E-state index contributed by atoms with van der Waals surface area (Å²) in [4.78, 5) is 38.0. The van der Waals surface area contributed by atoms with E-state index in [4.69, 9.17) is 16.3 Å². The van der Waals surface area contributed by atoms with Crippen molar-refractivity contribution in [1.82, 2.24) is 14.4 Å². The summed E-state index contributed by atoms with van der Waals surface area (Å²) in [6.07, 6.45) is 3.80. The van der Waals surface area contributed by atoms with Crippen molar-refractivity contribution in [3.8, 4) is 5.75 Å². The molecule has 4 heterocycles. The first kappa shape index (κ1) is 27.0. The molecule has 41 heavy (non-hydrogen) atoms. The third-order valence-corrected chi connectivity index (χ3v) is 8.51. The Morgan fingerprint density at radius 2 is 1.88 bits per heavy atom. The van der Waals surface area contributed by atoms with E-state index in [2.05, 4.69) is 16.9 Å². The molecule has 0 radical (unpaired) electrons. The fraction of sp³-hybridized carbons (Fsp3) is 0.226. The van der Waals surface area contributed by atoms with Gasteiger partial charge in [0, 0.05) is 11.2 Å². The van der Waals surface area contributed by atoms with E-state index in [0.717, 1.165) is 23.1 Å². The summed E-state index contributed by atoms with van der Waals surface area (Å²) in [5.74, 6) is -1.23. The predicted octanol–water partition coefficient (Wildman–Crippen LogP) is 7.02. The summed E-state index contributed by atoms with van der Waals surface area (Å²) in [7, 11) is 0. The maximum atomic E-state index is 13.7. The zero-order valence-corrected chi connectivity index (χ0v) is 24.3. The fourth-order valence-electron chi connectivity index (χ4n) is 5.09. The van der Waals surface area contributed by atoms with Gasteiger partial charge in [-0.15, -0.1) is 0 Å². The highest BCUT2D eigenvalue weighted by Crippen LogP contribution is 2.45. The van der Waals surface area contributed by atoms with E-state index in [1.165, 1.54) is 16.2 Å². The van der Waals surface area contributed by atoms with Crippen LogP contribution in [0.1, 0.15) is 48.3 Å². The monoisotopic (exact) mass is 586 g/mol. The Hall–Kier alpha value is -4.21. The number of thiazole rings is 1. The molecule has 208 valence electrons. The molecular formula is C31H27ClN4O4S. The number of ether oxygens (including phenoxy) is 1. The maximum absolute atomic E-state index is 13.7. The fourth-order valence-corrected chi connectivity index (χ4v) is 6.36.